The van der Waals surface area contributed by atoms with E-state index < -0.39 is 0 Å². The third-order valence-electron chi connectivity index (χ3n) is 3.01. The number of hydrogen-bond acceptors (Lipinski definition) is 2. The van der Waals surface area contributed by atoms with Crippen LogP contribution in [-0.4, -0.2) is 6.54 Å². The number of furan rings is 1. The molecule has 2 aromatic rings. The predicted molar refractivity (Wildman–Crippen MR) is 70.1 cm³/mol. The minimum absolute atomic E-state index is 0.159. The summed E-state index contributed by atoms with van der Waals surface area (Å²) < 4.78 is 19.5. The maximum absolute atomic E-state index is 13.9. The second kappa shape index (κ2) is 5.36. The lowest BCUT2D eigenvalue weighted by Gasteiger charge is -2.18. The average molecular weight is 247 g/mol. The summed E-state index contributed by atoms with van der Waals surface area (Å²) in [5.41, 5.74) is 1.66. The molecule has 2 rings (SSSR count). The zero-order valence-corrected chi connectivity index (χ0v) is 11.0. The Hall–Kier alpha value is -1.61. The standard InChI is InChI=1S/C15H18FNO/c1-4-17-15(12-7-5-6-8-14(12)16)13-9-10(2)18-11(13)3/h5-9,15,17H,4H2,1-3H3. The predicted octanol–water partition coefficient (Wildman–Crippen LogP) is 3.73. The normalized spacial score (nSPS) is 12.7. The zero-order chi connectivity index (χ0) is 13.1. The van der Waals surface area contributed by atoms with Crippen molar-refractivity contribution in [3.05, 3.63) is 58.8 Å². The van der Waals surface area contributed by atoms with Gasteiger partial charge in [-0.25, -0.2) is 4.39 Å². The molecule has 96 valence electrons. The highest BCUT2D eigenvalue weighted by Gasteiger charge is 2.20. The maximum Gasteiger partial charge on any atom is 0.128 e. The van der Waals surface area contributed by atoms with Crippen molar-refractivity contribution in [3.63, 3.8) is 0 Å². The maximum atomic E-state index is 13.9. The van der Waals surface area contributed by atoms with Crippen LogP contribution in [0, 0.1) is 19.7 Å². The Labute approximate surface area is 107 Å². The molecule has 0 aliphatic rings. The van der Waals surface area contributed by atoms with Crippen molar-refractivity contribution in [1.82, 2.24) is 5.32 Å². The van der Waals surface area contributed by atoms with Crippen LogP contribution in [0.2, 0.25) is 0 Å². The zero-order valence-electron chi connectivity index (χ0n) is 11.0. The fraction of sp³-hybridized carbons (Fsp3) is 0.333. The van der Waals surface area contributed by atoms with Gasteiger partial charge in [0, 0.05) is 11.1 Å². The van der Waals surface area contributed by atoms with Crippen LogP contribution in [-0.2, 0) is 0 Å². The van der Waals surface area contributed by atoms with Crippen LogP contribution in [0.3, 0.4) is 0 Å². The van der Waals surface area contributed by atoms with Crippen LogP contribution >= 0.6 is 0 Å². The van der Waals surface area contributed by atoms with Gasteiger partial charge in [-0.15, -0.1) is 0 Å². The topological polar surface area (TPSA) is 25.2 Å². The van der Waals surface area contributed by atoms with Gasteiger partial charge in [-0.3, -0.25) is 0 Å². The third-order valence-corrected chi connectivity index (χ3v) is 3.01. The molecule has 0 amide bonds. The van der Waals surface area contributed by atoms with Crippen LogP contribution in [0.25, 0.3) is 0 Å². The molecule has 0 bridgehead atoms. The number of halogens is 1. The second-order valence-electron chi connectivity index (χ2n) is 4.38. The van der Waals surface area contributed by atoms with Crippen LogP contribution in [0.15, 0.2) is 34.7 Å². The molecule has 1 aromatic heterocycles. The Morgan fingerprint density at radius 2 is 1.94 bits per heavy atom. The monoisotopic (exact) mass is 247 g/mol. The molecule has 1 atom stereocenters. The van der Waals surface area contributed by atoms with Gasteiger partial charge in [0.1, 0.15) is 17.3 Å². The Morgan fingerprint density at radius 3 is 2.50 bits per heavy atom. The fourth-order valence-electron chi connectivity index (χ4n) is 2.24. The van der Waals surface area contributed by atoms with Crippen LogP contribution in [0.1, 0.15) is 35.6 Å². The van der Waals surface area contributed by atoms with E-state index in [9.17, 15) is 4.39 Å². The van der Waals surface area contributed by atoms with Crippen molar-refractivity contribution in [1.29, 1.82) is 0 Å². The van der Waals surface area contributed by atoms with Crippen molar-refractivity contribution >= 4 is 0 Å². The SMILES string of the molecule is CCNC(c1ccccc1F)c1cc(C)oc1C. The second-order valence-corrected chi connectivity index (χ2v) is 4.38. The van der Waals surface area contributed by atoms with E-state index in [1.54, 1.807) is 6.07 Å². The molecule has 0 saturated carbocycles. The highest BCUT2D eigenvalue weighted by Crippen LogP contribution is 2.28. The van der Waals surface area contributed by atoms with E-state index in [0.717, 1.165) is 23.6 Å². The quantitative estimate of drug-likeness (QED) is 0.890. The molecule has 0 saturated heterocycles. The highest BCUT2D eigenvalue weighted by molar-refractivity contribution is 5.35. The van der Waals surface area contributed by atoms with Gasteiger partial charge in [-0.05, 0) is 32.5 Å². The van der Waals surface area contributed by atoms with E-state index in [4.69, 9.17) is 4.42 Å². The summed E-state index contributed by atoms with van der Waals surface area (Å²) in [7, 11) is 0. The lowest BCUT2D eigenvalue weighted by molar-refractivity contribution is 0.492. The van der Waals surface area contributed by atoms with Gasteiger partial charge in [0.2, 0.25) is 0 Å². The molecular weight excluding hydrogens is 229 g/mol. The minimum atomic E-state index is -0.193. The first-order chi connectivity index (χ1) is 8.63. The Balaban J connectivity index is 2.46. The van der Waals surface area contributed by atoms with Crippen LogP contribution < -0.4 is 5.32 Å². The molecule has 3 heteroatoms. The van der Waals surface area contributed by atoms with E-state index >= 15 is 0 Å². The summed E-state index contributed by atoms with van der Waals surface area (Å²) in [5, 5.41) is 3.31. The van der Waals surface area contributed by atoms with Crippen molar-refractivity contribution in [2.24, 2.45) is 0 Å². The molecule has 0 aliphatic carbocycles. The van der Waals surface area contributed by atoms with E-state index in [0.29, 0.717) is 5.56 Å². The fourth-order valence-corrected chi connectivity index (χ4v) is 2.24. The molecule has 0 spiro atoms. The first kappa shape index (κ1) is 12.8. The minimum Gasteiger partial charge on any atom is -0.466 e. The number of rotatable bonds is 4. The first-order valence-corrected chi connectivity index (χ1v) is 6.18. The van der Waals surface area contributed by atoms with Crippen LogP contribution in [0.4, 0.5) is 4.39 Å². The Morgan fingerprint density at radius 1 is 1.22 bits per heavy atom. The van der Waals surface area contributed by atoms with E-state index in [-0.39, 0.29) is 11.9 Å². The lowest BCUT2D eigenvalue weighted by atomic mass is 9.98. The molecule has 0 fully saturated rings. The molecule has 1 unspecified atom stereocenters. The molecule has 1 N–H and O–H groups in total. The summed E-state index contributed by atoms with van der Waals surface area (Å²) in [6.07, 6.45) is 0. The summed E-state index contributed by atoms with van der Waals surface area (Å²) in [4.78, 5) is 0. The number of nitrogens with one attached hydrogen (secondary N) is 1. The summed E-state index contributed by atoms with van der Waals surface area (Å²) in [5.74, 6) is 1.49. The molecule has 2 nitrogen and oxygen atoms in total. The Kier molecular flexibility index (Phi) is 3.82. The summed E-state index contributed by atoms with van der Waals surface area (Å²) in [6, 6.07) is 8.66. The van der Waals surface area contributed by atoms with E-state index in [1.807, 2.05) is 39.0 Å². The molecule has 1 aromatic carbocycles. The lowest BCUT2D eigenvalue weighted by Crippen LogP contribution is -2.23. The molecule has 18 heavy (non-hydrogen) atoms. The largest absolute Gasteiger partial charge is 0.466 e. The number of aryl methyl sites for hydroxylation is 2. The van der Waals surface area contributed by atoms with Gasteiger partial charge >= 0.3 is 0 Å². The van der Waals surface area contributed by atoms with Gasteiger partial charge in [0.05, 0.1) is 6.04 Å². The molecule has 1 heterocycles. The first-order valence-electron chi connectivity index (χ1n) is 6.18. The smallest absolute Gasteiger partial charge is 0.128 e. The average Bonchev–Trinajstić information content (AvgIpc) is 2.66. The van der Waals surface area contributed by atoms with Crippen molar-refractivity contribution in [2.75, 3.05) is 6.54 Å². The third kappa shape index (κ3) is 2.46. The van der Waals surface area contributed by atoms with Gasteiger partial charge < -0.3 is 9.73 Å². The van der Waals surface area contributed by atoms with Crippen molar-refractivity contribution < 1.29 is 8.81 Å². The number of benzene rings is 1. The summed E-state index contributed by atoms with van der Waals surface area (Å²) >= 11 is 0. The summed E-state index contributed by atoms with van der Waals surface area (Å²) in [6.45, 7) is 6.59. The molecular formula is C15H18FNO. The van der Waals surface area contributed by atoms with Gasteiger partial charge in [0.25, 0.3) is 0 Å². The van der Waals surface area contributed by atoms with Crippen molar-refractivity contribution in [3.8, 4) is 0 Å². The highest BCUT2D eigenvalue weighted by atomic mass is 19.1. The Bertz CT molecular complexity index is 533. The van der Waals surface area contributed by atoms with E-state index in [2.05, 4.69) is 5.32 Å². The van der Waals surface area contributed by atoms with Crippen molar-refractivity contribution in [2.45, 2.75) is 26.8 Å². The molecule has 0 radical (unpaired) electrons. The number of hydrogen-bond donors (Lipinski definition) is 1. The molecule has 0 aliphatic heterocycles. The van der Waals surface area contributed by atoms with Gasteiger partial charge in [-0.1, -0.05) is 25.1 Å². The van der Waals surface area contributed by atoms with Gasteiger partial charge in [-0.2, -0.15) is 0 Å². The van der Waals surface area contributed by atoms with E-state index in [1.165, 1.54) is 6.07 Å². The van der Waals surface area contributed by atoms with Gasteiger partial charge in [0.15, 0.2) is 0 Å². The van der Waals surface area contributed by atoms with Crippen LogP contribution in [0.5, 0.6) is 0 Å².